The number of aromatic hydroxyl groups is 1. The van der Waals surface area contributed by atoms with Crippen LogP contribution in [0, 0.1) is 0 Å². The highest BCUT2D eigenvalue weighted by Gasteiger charge is 2.41. The van der Waals surface area contributed by atoms with Gasteiger partial charge in [-0.05, 0) is 67.1 Å². The molecule has 40 heavy (non-hydrogen) atoms. The summed E-state index contributed by atoms with van der Waals surface area (Å²) in [5, 5.41) is 13.7. The maximum Gasteiger partial charge on any atom is 0.337 e. The van der Waals surface area contributed by atoms with E-state index < -0.39 is 11.9 Å². The fourth-order valence-corrected chi connectivity index (χ4v) is 5.54. The zero-order valence-electron chi connectivity index (χ0n) is 22.9. The fourth-order valence-electron chi connectivity index (χ4n) is 5.54. The monoisotopic (exact) mass is 539 g/mol. The first kappa shape index (κ1) is 27.1. The van der Waals surface area contributed by atoms with E-state index in [-0.39, 0.29) is 24.1 Å². The minimum absolute atomic E-state index is 0.00261. The van der Waals surface area contributed by atoms with Crippen molar-refractivity contribution in [3.05, 3.63) is 112 Å². The minimum Gasteiger partial charge on any atom is -0.504 e. The molecule has 1 heterocycles. The number of Topliss-reactive ketones (excluding diaryl/α,β-unsaturated/α-hetero) is 1. The zero-order chi connectivity index (χ0) is 28.2. The molecule has 3 aromatic carbocycles. The Morgan fingerprint density at radius 1 is 1.00 bits per heavy atom. The summed E-state index contributed by atoms with van der Waals surface area (Å²) in [7, 11) is 1.63. The SMILES string of the molecule is CCOc1cc([C@H]2C(C(=O)OCc3ccccc3)=C(C)NC3=C2C(=O)C[C@H](c2ccc(OC)cc2)C3)ccc1O. The molecule has 0 unspecified atom stereocenters. The maximum atomic E-state index is 13.9. The highest BCUT2D eigenvalue weighted by molar-refractivity contribution is 6.04. The van der Waals surface area contributed by atoms with Crippen LogP contribution in [-0.2, 0) is 20.9 Å². The van der Waals surface area contributed by atoms with E-state index in [0.29, 0.717) is 47.6 Å². The van der Waals surface area contributed by atoms with E-state index in [4.69, 9.17) is 14.2 Å². The Bertz CT molecular complexity index is 1470. The third-order valence-electron chi connectivity index (χ3n) is 7.46. The van der Waals surface area contributed by atoms with Gasteiger partial charge < -0.3 is 24.6 Å². The van der Waals surface area contributed by atoms with Crippen LogP contribution in [0.25, 0.3) is 0 Å². The summed E-state index contributed by atoms with van der Waals surface area (Å²) in [6.45, 7) is 4.14. The molecule has 5 rings (SSSR count). The Morgan fingerprint density at radius 2 is 1.73 bits per heavy atom. The van der Waals surface area contributed by atoms with E-state index in [1.807, 2.05) is 68.4 Å². The number of nitrogens with one attached hydrogen (secondary N) is 1. The summed E-state index contributed by atoms with van der Waals surface area (Å²) in [6, 6.07) is 22.2. The van der Waals surface area contributed by atoms with Gasteiger partial charge in [0.05, 0.1) is 19.3 Å². The van der Waals surface area contributed by atoms with Crippen molar-refractivity contribution < 1.29 is 28.9 Å². The normalized spacial score (nSPS) is 18.6. The molecule has 2 aliphatic rings. The van der Waals surface area contributed by atoms with Crippen molar-refractivity contribution in [2.24, 2.45) is 0 Å². The molecule has 3 aromatic rings. The third kappa shape index (κ3) is 5.45. The van der Waals surface area contributed by atoms with Crippen LogP contribution >= 0.6 is 0 Å². The molecule has 206 valence electrons. The van der Waals surface area contributed by atoms with Crippen LogP contribution in [-0.4, -0.2) is 30.6 Å². The van der Waals surface area contributed by atoms with Crippen LogP contribution in [0.5, 0.6) is 17.2 Å². The second kappa shape index (κ2) is 11.7. The number of allylic oxidation sites excluding steroid dienone is 3. The van der Waals surface area contributed by atoms with Crippen LogP contribution in [0.15, 0.2) is 95.3 Å². The lowest BCUT2D eigenvalue weighted by molar-refractivity contribution is -0.140. The lowest BCUT2D eigenvalue weighted by atomic mass is 9.71. The number of phenols is 1. The minimum atomic E-state index is -0.663. The molecule has 7 nitrogen and oxygen atoms in total. The predicted octanol–water partition coefficient (Wildman–Crippen LogP) is 5.90. The van der Waals surface area contributed by atoms with Crippen molar-refractivity contribution in [3.63, 3.8) is 0 Å². The van der Waals surface area contributed by atoms with Gasteiger partial charge in [0.15, 0.2) is 17.3 Å². The van der Waals surface area contributed by atoms with Crippen LogP contribution in [0.1, 0.15) is 55.2 Å². The summed E-state index contributed by atoms with van der Waals surface area (Å²) >= 11 is 0. The van der Waals surface area contributed by atoms with Gasteiger partial charge in [-0.15, -0.1) is 0 Å². The van der Waals surface area contributed by atoms with Gasteiger partial charge in [0.1, 0.15) is 12.4 Å². The standard InChI is InChI=1S/C33H33NO6/c1-4-39-29-18-23(12-15-27(29)35)31-30(33(37)40-19-21-8-6-5-7-9-21)20(2)34-26-16-24(17-28(36)32(26)31)22-10-13-25(38-3)14-11-22/h5-15,18,24,31,34-35H,4,16-17,19H2,1-3H3/t24-,31+/m1/s1. The second-order valence-corrected chi connectivity index (χ2v) is 10.0. The molecule has 0 saturated heterocycles. The number of hydrogen-bond acceptors (Lipinski definition) is 7. The van der Waals surface area contributed by atoms with Gasteiger partial charge in [-0.2, -0.15) is 0 Å². The van der Waals surface area contributed by atoms with Crippen LogP contribution < -0.4 is 14.8 Å². The number of hydrogen-bond donors (Lipinski definition) is 2. The van der Waals surface area contributed by atoms with Crippen molar-refractivity contribution in [3.8, 4) is 17.2 Å². The Labute approximate surface area is 234 Å². The molecule has 1 aliphatic heterocycles. The van der Waals surface area contributed by atoms with E-state index in [2.05, 4.69) is 5.32 Å². The number of rotatable bonds is 8. The molecule has 0 fully saturated rings. The largest absolute Gasteiger partial charge is 0.504 e. The van der Waals surface area contributed by atoms with Crippen LogP contribution in [0.3, 0.4) is 0 Å². The van der Waals surface area contributed by atoms with Gasteiger partial charge in [0.2, 0.25) is 0 Å². The molecule has 0 radical (unpaired) electrons. The van der Waals surface area contributed by atoms with Crippen LogP contribution in [0.4, 0.5) is 0 Å². The summed E-state index contributed by atoms with van der Waals surface area (Å²) < 4.78 is 16.7. The molecule has 2 N–H and O–H groups in total. The molecular weight excluding hydrogens is 506 g/mol. The molecule has 0 amide bonds. The molecular formula is C33H33NO6. The smallest absolute Gasteiger partial charge is 0.337 e. The number of methoxy groups -OCH3 is 1. The number of esters is 1. The van der Waals surface area contributed by atoms with E-state index >= 15 is 0 Å². The van der Waals surface area contributed by atoms with Crippen molar-refractivity contribution in [1.82, 2.24) is 5.32 Å². The number of ketones is 1. The maximum absolute atomic E-state index is 13.9. The Kier molecular flexibility index (Phi) is 7.91. The lowest BCUT2D eigenvalue weighted by Gasteiger charge is -2.36. The van der Waals surface area contributed by atoms with Crippen molar-refractivity contribution in [2.75, 3.05) is 13.7 Å². The molecule has 0 saturated carbocycles. The first-order valence-electron chi connectivity index (χ1n) is 13.4. The van der Waals surface area contributed by atoms with Gasteiger partial charge in [-0.1, -0.05) is 48.5 Å². The second-order valence-electron chi connectivity index (χ2n) is 10.0. The van der Waals surface area contributed by atoms with E-state index in [9.17, 15) is 14.7 Å². The molecule has 1 aliphatic carbocycles. The van der Waals surface area contributed by atoms with E-state index in [1.165, 1.54) is 6.07 Å². The molecule has 0 aromatic heterocycles. The first-order valence-corrected chi connectivity index (χ1v) is 13.4. The number of phenolic OH excluding ortho intramolecular Hbond substituents is 1. The van der Waals surface area contributed by atoms with Gasteiger partial charge in [-0.25, -0.2) is 4.79 Å². The summed E-state index contributed by atoms with van der Waals surface area (Å²) in [6.07, 6.45) is 0.926. The fraction of sp³-hybridized carbons (Fsp3) is 0.273. The highest BCUT2D eigenvalue weighted by Crippen LogP contribution is 2.47. The zero-order valence-corrected chi connectivity index (χ0v) is 22.9. The van der Waals surface area contributed by atoms with Gasteiger partial charge in [-0.3, -0.25) is 4.79 Å². The lowest BCUT2D eigenvalue weighted by Crippen LogP contribution is -2.36. The first-order chi connectivity index (χ1) is 19.4. The molecule has 7 heteroatoms. The van der Waals surface area contributed by atoms with E-state index in [1.54, 1.807) is 19.2 Å². The highest BCUT2D eigenvalue weighted by atomic mass is 16.5. The van der Waals surface area contributed by atoms with Gasteiger partial charge >= 0.3 is 5.97 Å². The average Bonchev–Trinajstić information content (AvgIpc) is 2.97. The number of dihydropyridines is 1. The number of carbonyl (C=O) groups is 2. The predicted molar refractivity (Wildman–Crippen MR) is 151 cm³/mol. The van der Waals surface area contributed by atoms with Crippen molar-refractivity contribution in [2.45, 2.75) is 45.1 Å². The molecule has 0 spiro atoms. The Morgan fingerprint density at radius 3 is 2.42 bits per heavy atom. The van der Waals surface area contributed by atoms with Crippen molar-refractivity contribution in [1.29, 1.82) is 0 Å². The quantitative estimate of drug-likeness (QED) is 0.344. The summed E-state index contributed by atoms with van der Waals surface area (Å²) in [4.78, 5) is 27.5. The molecule has 0 bridgehead atoms. The topological polar surface area (TPSA) is 94.1 Å². The number of carbonyl (C=O) groups excluding carboxylic acids is 2. The number of ether oxygens (including phenoxy) is 3. The Balaban J connectivity index is 1.53. The number of benzene rings is 3. The van der Waals surface area contributed by atoms with Crippen LogP contribution in [0.2, 0.25) is 0 Å². The van der Waals surface area contributed by atoms with Gasteiger partial charge in [0.25, 0.3) is 0 Å². The van der Waals surface area contributed by atoms with Gasteiger partial charge in [0, 0.05) is 29.3 Å². The summed E-state index contributed by atoms with van der Waals surface area (Å²) in [5.74, 6) is -0.150. The van der Waals surface area contributed by atoms with E-state index in [0.717, 1.165) is 22.6 Å². The van der Waals surface area contributed by atoms with Crippen molar-refractivity contribution >= 4 is 11.8 Å². The molecule has 2 atom stereocenters. The summed E-state index contributed by atoms with van der Waals surface area (Å²) in [5.41, 5.74) is 4.96. The average molecular weight is 540 g/mol. The third-order valence-corrected chi connectivity index (χ3v) is 7.46. The Hall–Kier alpha value is -4.52.